The molecule has 0 spiro atoms. The van der Waals surface area contributed by atoms with Gasteiger partial charge in [0.1, 0.15) is 12.2 Å². The number of carbonyl (C=O) groups is 1. The van der Waals surface area contributed by atoms with E-state index < -0.39 is 24.7 Å². The molecule has 1 saturated heterocycles. The fourth-order valence-electron chi connectivity index (χ4n) is 3.48. The van der Waals surface area contributed by atoms with Gasteiger partial charge >= 0.3 is 0 Å². The molecule has 172 valence electrons. The van der Waals surface area contributed by atoms with Crippen LogP contribution >= 0.6 is 0 Å². The molecular weight excluding hydrogens is 428 g/mol. The number of nitrogens with one attached hydrogen (secondary N) is 1. The highest BCUT2D eigenvalue weighted by Gasteiger charge is 2.46. The van der Waals surface area contributed by atoms with E-state index in [2.05, 4.69) is 32.3 Å². The molecule has 1 aromatic carbocycles. The van der Waals surface area contributed by atoms with Crippen molar-refractivity contribution in [3.63, 3.8) is 0 Å². The first-order chi connectivity index (χ1) is 16.1. The van der Waals surface area contributed by atoms with E-state index >= 15 is 0 Å². The van der Waals surface area contributed by atoms with E-state index in [0.717, 1.165) is 5.56 Å². The number of amides is 1. The molecule has 1 amide bonds. The third-order valence-electron chi connectivity index (χ3n) is 5.14. The van der Waals surface area contributed by atoms with Gasteiger partial charge in [-0.3, -0.25) is 14.2 Å². The van der Waals surface area contributed by atoms with Crippen LogP contribution in [0.15, 0.2) is 36.7 Å². The van der Waals surface area contributed by atoms with Crippen molar-refractivity contribution in [1.82, 2.24) is 24.4 Å². The fourth-order valence-corrected chi connectivity index (χ4v) is 3.48. The topological polar surface area (TPSA) is 135 Å². The SMILES string of the molecule is CCONc1nc(C#Cc2ccccc2)nc2c1ncn2[C@@H]1O[C@H](N(C=O)CC)[C@@H](O)[C@H]1O. The Morgan fingerprint density at radius 2 is 2.00 bits per heavy atom. The normalized spacial score (nSPS) is 22.1. The maximum Gasteiger partial charge on any atom is 0.211 e. The maximum absolute atomic E-state index is 11.3. The highest BCUT2D eigenvalue weighted by molar-refractivity contribution is 5.83. The number of imidazole rings is 1. The predicted octanol–water partition coefficient (Wildman–Crippen LogP) is 0.644. The zero-order valence-corrected chi connectivity index (χ0v) is 18.1. The molecule has 0 bridgehead atoms. The summed E-state index contributed by atoms with van der Waals surface area (Å²) in [5, 5.41) is 21.1. The number of hydrogen-bond acceptors (Lipinski definition) is 9. The smallest absolute Gasteiger partial charge is 0.211 e. The van der Waals surface area contributed by atoms with E-state index in [1.54, 1.807) is 6.92 Å². The minimum Gasteiger partial charge on any atom is -0.385 e. The number of hydrogen-bond donors (Lipinski definition) is 3. The van der Waals surface area contributed by atoms with Crippen LogP contribution in [-0.2, 0) is 14.4 Å². The van der Waals surface area contributed by atoms with Gasteiger partial charge in [0, 0.05) is 12.1 Å². The van der Waals surface area contributed by atoms with Crippen LogP contribution < -0.4 is 5.48 Å². The first kappa shape index (κ1) is 22.6. The lowest BCUT2D eigenvalue weighted by Crippen LogP contribution is -2.43. The number of rotatable bonds is 7. The van der Waals surface area contributed by atoms with Crippen LogP contribution in [0.2, 0.25) is 0 Å². The number of benzene rings is 1. The lowest BCUT2D eigenvalue weighted by atomic mass is 10.2. The number of anilines is 1. The lowest BCUT2D eigenvalue weighted by molar-refractivity contribution is -0.141. The Labute approximate surface area is 189 Å². The number of aliphatic hydroxyl groups is 2. The monoisotopic (exact) mass is 452 g/mol. The summed E-state index contributed by atoms with van der Waals surface area (Å²) in [6.07, 6.45) is -2.68. The number of aromatic nitrogens is 4. The summed E-state index contributed by atoms with van der Waals surface area (Å²) in [6, 6.07) is 9.39. The van der Waals surface area contributed by atoms with Gasteiger partial charge in [0.25, 0.3) is 0 Å². The highest BCUT2D eigenvalue weighted by Crippen LogP contribution is 2.33. The van der Waals surface area contributed by atoms with Gasteiger partial charge in [0.15, 0.2) is 29.4 Å². The molecule has 2 aromatic heterocycles. The number of aliphatic hydroxyl groups excluding tert-OH is 2. The second-order valence-electron chi connectivity index (χ2n) is 7.21. The van der Waals surface area contributed by atoms with E-state index in [9.17, 15) is 15.0 Å². The third-order valence-corrected chi connectivity index (χ3v) is 5.14. The maximum atomic E-state index is 11.3. The van der Waals surface area contributed by atoms with Crippen molar-refractivity contribution >= 4 is 23.4 Å². The van der Waals surface area contributed by atoms with Crippen LogP contribution in [0, 0.1) is 11.8 Å². The number of fused-ring (bicyclic) bond motifs is 1. The van der Waals surface area contributed by atoms with Gasteiger partial charge in [-0.15, -0.1) is 0 Å². The summed E-state index contributed by atoms with van der Waals surface area (Å²) in [6.45, 7) is 4.25. The van der Waals surface area contributed by atoms with Gasteiger partial charge in [-0.05, 0) is 31.9 Å². The van der Waals surface area contributed by atoms with Crippen molar-refractivity contribution in [2.24, 2.45) is 0 Å². The van der Waals surface area contributed by atoms with Crippen molar-refractivity contribution < 1.29 is 24.6 Å². The third kappa shape index (κ3) is 4.50. The van der Waals surface area contributed by atoms with Gasteiger partial charge in [-0.25, -0.2) is 15.4 Å². The van der Waals surface area contributed by atoms with Crippen LogP contribution in [0.3, 0.4) is 0 Å². The molecule has 33 heavy (non-hydrogen) atoms. The highest BCUT2D eigenvalue weighted by atomic mass is 16.6. The van der Waals surface area contributed by atoms with Crippen LogP contribution in [-0.4, -0.2) is 72.6 Å². The van der Waals surface area contributed by atoms with Gasteiger partial charge in [0.2, 0.25) is 12.2 Å². The molecule has 1 aliphatic heterocycles. The van der Waals surface area contributed by atoms with Crippen LogP contribution in [0.4, 0.5) is 5.82 Å². The van der Waals surface area contributed by atoms with Gasteiger partial charge in [-0.2, -0.15) is 4.98 Å². The summed E-state index contributed by atoms with van der Waals surface area (Å²) >= 11 is 0. The van der Waals surface area contributed by atoms with E-state index in [0.29, 0.717) is 36.5 Å². The molecule has 11 heteroatoms. The van der Waals surface area contributed by atoms with Crippen molar-refractivity contribution in [2.45, 2.75) is 38.5 Å². The van der Waals surface area contributed by atoms with Gasteiger partial charge in [0.05, 0.1) is 12.9 Å². The molecule has 3 heterocycles. The Kier molecular flexibility index (Phi) is 6.81. The van der Waals surface area contributed by atoms with Gasteiger partial charge < -0.3 is 19.8 Å². The van der Waals surface area contributed by atoms with Crippen molar-refractivity contribution in [2.75, 3.05) is 18.6 Å². The zero-order valence-electron chi connectivity index (χ0n) is 18.1. The van der Waals surface area contributed by atoms with E-state index in [4.69, 9.17) is 9.57 Å². The predicted molar refractivity (Wildman–Crippen MR) is 117 cm³/mol. The Morgan fingerprint density at radius 1 is 1.21 bits per heavy atom. The minimum atomic E-state index is -1.32. The molecule has 0 saturated carbocycles. The van der Waals surface area contributed by atoms with E-state index in [1.807, 2.05) is 37.3 Å². The van der Waals surface area contributed by atoms with Crippen molar-refractivity contribution in [1.29, 1.82) is 0 Å². The summed E-state index contributed by atoms with van der Waals surface area (Å²) < 4.78 is 7.32. The first-order valence-electron chi connectivity index (χ1n) is 10.5. The summed E-state index contributed by atoms with van der Waals surface area (Å²) in [4.78, 5) is 31.1. The number of carbonyl (C=O) groups excluding carboxylic acids is 1. The van der Waals surface area contributed by atoms with Crippen molar-refractivity contribution in [3.05, 3.63) is 48.0 Å². The molecular formula is C22H24N6O5. The second kappa shape index (κ2) is 9.93. The molecule has 0 aliphatic carbocycles. The largest absolute Gasteiger partial charge is 0.385 e. The molecule has 1 fully saturated rings. The summed E-state index contributed by atoms with van der Waals surface area (Å²) in [7, 11) is 0. The Balaban J connectivity index is 1.75. The standard InChI is InChI=1S/C22H24N6O5/c1-3-27(13-29)21-17(30)18(31)22(33-21)28-12-23-16-19(26-32-4-2)24-15(25-20(16)28)11-10-14-8-6-5-7-9-14/h5-9,12-13,17-18,21-22,30-31H,3-4H2,1-2H3,(H,24,25,26)/t17-,18+,21-,22+/m0/s1. The minimum absolute atomic E-state index is 0.197. The average Bonchev–Trinajstić information content (AvgIpc) is 3.39. The summed E-state index contributed by atoms with van der Waals surface area (Å²) in [5.74, 6) is 6.42. The number of likely N-dealkylation sites (N-methyl/N-ethyl adjacent to an activating group) is 1. The number of nitrogens with zero attached hydrogens (tertiary/aromatic N) is 5. The molecule has 4 rings (SSSR count). The molecule has 1 aliphatic rings. The zero-order chi connectivity index (χ0) is 23.4. The molecule has 3 N–H and O–H groups in total. The Hall–Kier alpha value is -3.56. The van der Waals surface area contributed by atoms with Crippen LogP contribution in [0.1, 0.15) is 31.5 Å². The first-order valence-corrected chi connectivity index (χ1v) is 10.5. The van der Waals surface area contributed by atoms with Crippen LogP contribution in [0.5, 0.6) is 0 Å². The van der Waals surface area contributed by atoms with E-state index in [1.165, 1.54) is 15.8 Å². The summed E-state index contributed by atoms with van der Waals surface area (Å²) in [5.41, 5.74) is 4.22. The number of ether oxygens (including phenoxy) is 1. The molecule has 0 radical (unpaired) electrons. The molecule has 4 atom stereocenters. The fraction of sp³-hybridized carbons (Fsp3) is 0.364. The Bertz CT molecular complexity index is 1170. The molecule has 3 aromatic rings. The molecule has 0 unspecified atom stereocenters. The van der Waals surface area contributed by atoms with Crippen LogP contribution in [0.25, 0.3) is 11.2 Å². The van der Waals surface area contributed by atoms with Crippen molar-refractivity contribution in [3.8, 4) is 11.8 Å². The quantitative estimate of drug-likeness (QED) is 0.268. The Morgan fingerprint density at radius 3 is 2.70 bits per heavy atom. The second-order valence-corrected chi connectivity index (χ2v) is 7.21. The lowest BCUT2D eigenvalue weighted by Gasteiger charge is -2.25. The van der Waals surface area contributed by atoms with Gasteiger partial charge in [-0.1, -0.05) is 24.1 Å². The van der Waals surface area contributed by atoms with E-state index in [-0.39, 0.29) is 5.82 Å². The molecule has 11 nitrogen and oxygen atoms in total. The average molecular weight is 452 g/mol.